The summed E-state index contributed by atoms with van der Waals surface area (Å²) < 4.78 is 0. The Bertz CT molecular complexity index is 1420. The molecule has 0 saturated heterocycles. The Morgan fingerprint density at radius 1 is 0.625 bits per heavy atom. The predicted molar refractivity (Wildman–Crippen MR) is 110 cm³/mol. The summed E-state index contributed by atoms with van der Waals surface area (Å²) in [6.45, 7) is 0. The Labute approximate surface area is 181 Å². The van der Waals surface area contributed by atoms with Crippen LogP contribution in [0.4, 0.5) is 22.7 Å². The van der Waals surface area contributed by atoms with Crippen LogP contribution in [0.5, 0.6) is 0 Å². The van der Waals surface area contributed by atoms with Crippen molar-refractivity contribution in [3.8, 4) is 36.4 Å². The van der Waals surface area contributed by atoms with Crippen molar-refractivity contribution in [1.29, 1.82) is 31.6 Å². The molecule has 2 aliphatic rings. The quantitative estimate of drug-likeness (QED) is 0.601. The average Bonchev–Trinajstić information content (AvgIpc) is 2.82. The summed E-state index contributed by atoms with van der Waals surface area (Å²) in [6.07, 6.45) is 0. The van der Waals surface area contributed by atoms with Gasteiger partial charge in [0.1, 0.15) is 46.7 Å². The minimum atomic E-state index is -1.02. The van der Waals surface area contributed by atoms with Crippen LogP contribution < -0.4 is 9.80 Å². The zero-order chi connectivity index (χ0) is 23.2. The molecule has 1 aromatic heterocycles. The van der Waals surface area contributed by atoms with Gasteiger partial charge >= 0.3 is 0 Å². The lowest BCUT2D eigenvalue weighted by Crippen LogP contribution is -2.43. The molecule has 2 aliphatic heterocycles. The van der Waals surface area contributed by atoms with Gasteiger partial charge in [-0.1, -0.05) is 0 Å². The molecule has 2 unspecified atom stereocenters. The molecule has 0 fully saturated rings. The van der Waals surface area contributed by atoms with E-state index in [-0.39, 0.29) is 45.2 Å². The Morgan fingerprint density at radius 2 is 1.00 bits per heavy atom. The number of hydrogen-bond acceptors (Lipinski definition) is 12. The van der Waals surface area contributed by atoms with Gasteiger partial charge in [-0.05, 0) is 0 Å². The molecule has 0 bridgehead atoms. The minimum absolute atomic E-state index is 0.0788. The van der Waals surface area contributed by atoms with Gasteiger partial charge in [0.2, 0.25) is 0 Å². The summed E-state index contributed by atoms with van der Waals surface area (Å²) in [6, 6.07) is 9.42. The van der Waals surface area contributed by atoms with E-state index in [0.717, 1.165) is 0 Å². The van der Waals surface area contributed by atoms with Crippen molar-refractivity contribution in [3.05, 3.63) is 11.4 Å². The second kappa shape index (κ2) is 7.05. The Balaban J connectivity index is 2.29. The summed E-state index contributed by atoms with van der Waals surface area (Å²) >= 11 is 0. The van der Waals surface area contributed by atoms with Crippen molar-refractivity contribution in [2.75, 3.05) is 23.9 Å². The first kappa shape index (κ1) is 19.7. The number of benzene rings is 1. The zero-order valence-electron chi connectivity index (χ0n) is 16.5. The lowest BCUT2D eigenvalue weighted by atomic mass is 9.99. The first-order valence-corrected chi connectivity index (χ1v) is 8.89. The summed E-state index contributed by atoms with van der Waals surface area (Å²) in [5.41, 5.74) is 0.455. The van der Waals surface area contributed by atoms with Crippen LogP contribution in [0.1, 0.15) is 11.4 Å². The van der Waals surface area contributed by atoms with Crippen molar-refractivity contribution >= 4 is 45.2 Å². The molecule has 0 radical (unpaired) electrons. The normalized spacial score (nSPS) is 18.4. The van der Waals surface area contributed by atoms with Gasteiger partial charge < -0.3 is 9.80 Å². The van der Waals surface area contributed by atoms with E-state index in [0.29, 0.717) is 11.4 Å². The molecule has 0 aliphatic carbocycles. The largest absolute Gasteiger partial charge is 0.350 e. The third-order valence-electron chi connectivity index (χ3n) is 5.17. The van der Waals surface area contributed by atoms with Crippen LogP contribution in [0.25, 0.3) is 11.0 Å². The van der Waals surface area contributed by atoms with E-state index >= 15 is 0 Å². The van der Waals surface area contributed by atoms with E-state index in [1.807, 2.05) is 36.4 Å². The molecule has 12 nitrogen and oxygen atoms in total. The second-order valence-corrected chi connectivity index (χ2v) is 6.74. The van der Waals surface area contributed by atoms with Crippen molar-refractivity contribution < 1.29 is 0 Å². The standard InChI is InChI=1S/C20H8N12/c1-31-13(7-25)11(5-23)29-17-15-16(28-10(4-22)9(3-21)27-15)18-20(19(17)31)32(2)14(8-26)12(6-24)30-18/h13-14H,1-2H3. The summed E-state index contributed by atoms with van der Waals surface area (Å²) in [4.78, 5) is 20.2. The predicted octanol–water partition coefficient (Wildman–Crippen LogP) is 1.25. The molecule has 3 heterocycles. The van der Waals surface area contributed by atoms with Crippen LogP contribution in [0, 0.1) is 68.0 Å². The molecular weight excluding hydrogens is 408 g/mol. The van der Waals surface area contributed by atoms with Gasteiger partial charge in [-0.25, -0.2) is 20.0 Å². The lowest BCUT2D eigenvalue weighted by Gasteiger charge is -2.37. The van der Waals surface area contributed by atoms with Gasteiger partial charge in [-0.2, -0.15) is 31.6 Å². The fourth-order valence-electron chi connectivity index (χ4n) is 3.71. The van der Waals surface area contributed by atoms with E-state index in [1.54, 1.807) is 14.1 Å². The Hall–Kier alpha value is -5.56. The molecule has 0 saturated carbocycles. The van der Waals surface area contributed by atoms with Crippen LogP contribution in [0.3, 0.4) is 0 Å². The molecule has 1 aromatic carbocycles. The maximum absolute atomic E-state index is 9.63. The van der Waals surface area contributed by atoms with E-state index in [9.17, 15) is 31.6 Å². The first-order valence-electron chi connectivity index (χ1n) is 8.89. The van der Waals surface area contributed by atoms with E-state index in [4.69, 9.17) is 0 Å². The van der Waals surface area contributed by atoms with Gasteiger partial charge in [0.05, 0.1) is 23.5 Å². The van der Waals surface area contributed by atoms with Crippen molar-refractivity contribution in [2.24, 2.45) is 9.98 Å². The summed E-state index contributed by atoms with van der Waals surface area (Å²) in [5.74, 6) is 0. The second-order valence-electron chi connectivity index (χ2n) is 6.74. The molecule has 4 rings (SSSR count). The Morgan fingerprint density at radius 3 is 1.28 bits per heavy atom. The molecular formula is C20H8N12. The highest BCUT2D eigenvalue weighted by Crippen LogP contribution is 2.53. The third kappa shape index (κ3) is 2.42. The zero-order valence-corrected chi connectivity index (χ0v) is 16.5. The van der Waals surface area contributed by atoms with Gasteiger partial charge in [0.25, 0.3) is 0 Å². The minimum Gasteiger partial charge on any atom is -0.350 e. The number of aliphatic imine (C=N–C) groups is 2. The highest BCUT2D eigenvalue weighted by Gasteiger charge is 2.39. The van der Waals surface area contributed by atoms with Crippen molar-refractivity contribution in [3.63, 3.8) is 0 Å². The van der Waals surface area contributed by atoms with Crippen LogP contribution in [0.2, 0.25) is 0 Å². The fraction of sp³-hybridized carbons (Fsp3) is 0.200. The third-order valence-corrected chi connectivity index (χ3v) is 5.17. The molecule has 32 heavy (non-hydrogen) atoms. The number of hydrogen-bond donors (Lipinski definition) is 0. The summed E-state index contributed by atoms with van der Waals surface area (Å²) in [7, 11) is 3.15. The molecule has 2 aromatic rings. The molecule has 0 spiro atoms. The number of anilines is 2. The van der Waals surface area contributed by atoms with Crippen LogP contribution in [-0.4, -0.2) is 47.6 Å². The number of fused-ring (bicyclic) bond motifs is 6. The van der Waals surface area contributed by atoms with Gasteiger partial charge in [0.15, 0.2) is 34.9 Å². The molecule has 2 atom stereocenters. The molecule has 148 valence electrons. The lowest BCUT2D eigenvalue weighted by molar-refractivity contribution is 0.888. The Kier molecular flexibility index (Phi) is 4.35. The van der Waals surface area contributed by atoms with Gasteiger partial charge in [0, 0.05) is 14.1 Å². The topological polar surface area (TPSA) is 200 Å². The maximum atomic E-state index is 9.63. The fourth-order valence-corrected chi connectivity index (χ4v) is 3.71. The average molecular weight is 416 g/mol. The van der Waals surface area contributed by atoms with E-state index in [1.165, 1.54) is 9.80 Å². The molecule has 12 heteroatoms. The maximum Gasteiger partial charge on any atom is 0.177 e. The number of nitriles is 6. The first-order chi connectivity index (χ1) is 15.4. The molecule has 0 amide bonds. The number of aromatic nitrogens is 2. The van der Waals surface area contributed by atoms with Gasteiger partial charge in [-0.15, -0.1) is 0 Å². The number of nitrogens with zero attached hydrogens (tertiary/aromatic N) is 12. The van der Waals surface area contributed by atoms with Crippen LogP contribution in [-0.2, 0) is 0 Å². The van der Waals surface area contributed by atoms with Crippen LogP contribution >= 0.6 is 0 Å². The SMILES string of the molecule is CN1c2c3c(c4nc(C#N)c(C#N)nc4c2N=C(C#N)C1C#N)N=C(C#N)C(C#N)N3C. The smallest absolute Gasteiger partial charge is 0.177 e. The van der Waals surface area contributed by atoms with E-state index < -0.39 is 12.1 Å². The van der Waals surface area contributed by atoms with Crippen LogP contribution in [0.15, 0.2) is 9.98 Å². The van der Waals surface area contributed by atoms with Crippen molar-refractivity contribution in [2.45, 2.75) is 12.1 Å². The van der Waals surface area contributed by atoms with Gasteiger partial charge in [-0.3, -0.25) is 0 Å². The highest BCUT2D eigenvalue weighted by atomic mass is 15.3. The van der Waals surface area contributed by atoms with Crippen molar-refractivity contribution in [1.82, 2.24) is 9.97 Å². The summed E-state index contributed by atoms with van der Waals surface area (Å²) in [5, 5.41) is 57.1. The molecule has 0 N–H and O–H groups in total. The monoisotopic (exact) mass is 416 g/mol. The number of rotatable bonds is 0. The highest BCUT2D eigenvalue weighted by molar-refractivity contribution is 6.21. The van der Waals surface area contributed by atoms with E-state index in [2.05, 4.69) is 20.0 Å².